The highest BCUT2D eigenvalue weighted by Gasteiger charge is 2.29. The smallest absolute Gasteiger partial charge is 0.352 e. The molecule has 0 unspecified atom stereocenters. The van der Waals surface area contributed by atoms with E-state index in [0.29, 0.717) is 64.4 Å². The summed E-state index contributed by atoms with van der Waals surface area (Å²) in [5.74, 6) is -0.775. The maximum absolute atomic E-state index is 16.0. The third kappa shape index (κ3) is 5.19. The topological polar surface area (TPSA) is 78.5 Å². The van der Waals surface area contributed by atoms with Gasteiger partial charge in [-0.05, 0) is 85.7 Å². The average Bonchev–Trinajstić information content (AvgIpc) is 3.41. The van der Waals surface area contributed by atoms with Gasteiger partial charge < -0.3 is 19.1 Å². The number of hydrogen-bond donors (Lipinski definition) is 1. The molecule has 222 valence electrons. The molecule has 43 heavy (non-hydrogen) atoms. The van der Waals surface area contributed by atoms with E-state index in [0.717, 1.165) is 33.7 Å². The molecule has 0 saturated carbocycles. The second-order valence-corrected chi connectivity index (χ2v) is 11.5. The summed E-state index contributed by atoms with van der Waals surface area (Å²) in [6, 6.07) is 14.7. The predicted octanol–water partition coefficient (Wildman–Crippen LogP) is 7.55. The summed E-state index contributed by atoms with van der Waals surface area (Å²) in [4.78, 5) is 13.0. The van der Waals surface area contributed by atoms with Crippen LogP contribution in [0.5, 0.6) is 5.75 Å². The lowest BCUT2D eigenvalue weighted by atomic mass is 9.97. The molecular weight excluding hydrogens is 569 g/mol. The summed E-state index contributed by atoms with van der Waals surface area (Å²) in [5, 5.41) is 16.7. The molecule has 5 aromatic rings. The Morgan fingerprint density at radius 3 is 2.51 bits per heavy atom. The zero-order chi connectivity index (χ0) is 30.4. The summed E-state index contributed by atoms with van der Waals surface area (Å²) in [6.07, 6.45) is 1.000. The van der Waals surface area contributed by atoms with Crippen LogP contribution in [0.3, 0.4) is 0 Å². The minimum absolute atomic E-state index is 0.151. The number of nitrogens with zero attached hydrogens (tertiary/aromatic N) is 3. The van der Waals surface area contributed by atoms with E-state index in [1.807, 2.05) is 64.2 Å². The molecule has 9 heteroatoms. The van der Waals surface area contributed by atoms with Gasteiger partial charge in [-0.15, -0.1) is 0 Å². The molecule has 1 N–H and O–H groups in total. The average molecular weight is 602 g/mol. The minimum atomic E-state index is -1.06. The highest BCUT2D eigenvalue weighted by Crippen LogP contribution is 2.41. The molecule has 0 bridgehead atoms. The molecule has 2 aromatic heterocycles. The molecule has 7 nitrogen and oxygen atoms in total. The van der Waals surface area contributed by atoms with Crippen LogP contribution in [0.4, 0.5) is 4.39 Å². The molecular formula is C34H33ClFN3O4. The number of ether oxygens (including phenoxy) is 2. The molecule has 0 spiro atoms. The Morgan fingerprint density at radius 2 is 1.79 bits per heavy atom. The number of rotatable bonds is 6. The molecule has 0 radical (unpaired) electrons. The predicted molar refractivity (Wildman–Crippen MR) is 165 cm³/mol. The number of aryl methyl sites for hydroxylation is 5. The number of aromatic carboxylic acids is 1. The summed E-state index contributed by atoms with van der Waals surface area (Å²) in [6.45, 7) is 6.91. The summed E-state index contributed by atoms with van der Waals surface area (Å²) >= 11 is 6.31. The van der Waals surface area contributed by atoms with Gasteiger partial charge >= 0.3 is 5.97 Å². The maximum Gasteiger partial charge on any atom is 0.352 e. The standard InChI is InChI=1S/C34H33ClFN3O4/c1-19-14-24(15-20(2)31(19)35)43-13-7-10-25-26-11-12-27(36)30-29-21(3)37-38(4)28(29)18-42-17-23-9-6-5-8-22(23)16-39(32(26)30)33(25)34(40)41/h5-6,8-9,11-12,14-15H,7,10,13,16-18H2,1-4H3,(H,40,41). The minimum Gasteiger partial charge on any atom is -0.494 e. The van der Waals surface area contributed by atoms with Gasteiger partial charge in [0.2, 0.25) is 0 Å². The number of fused-ring (bicyclic) bond motifs is 3. The monoisotopic (exact) mass is 601 g/mol. The fourth-order valence-electron chi connectivity index (χ4n) is 6.29. The number of benzene rings is 3. The second kappa shape index (κ2) is 11.5. The highest BCUT2D eigenvalue weighted by molar-refractivity contribution is 6.32. The van der Waals surface area contributed by atoms with Crippen molar-refractivity contribution >= 4 is 28.5 Å². The second-order valence-electron chi connectivity index (χ2n) is 11.2. The Bertz CT molecular complexity index is 1870. The number of halogens is 2. The lowest BCUT2D eigenvalue weighted by molar-refractivity contribution is 0.0684. The normalized spacial score (nSPS) is 13.0. The Morgan fingerprint density at radius 1 is 1.07 bits per heavy atom. The lowest BCUT2D eigenvalue weighted by Gasteiger charge is -2.14. The molecule has 1 aliphatic heterocycles. The van der Waals surface area contributed by atoms with Gasteiger partial charge in [-0.25, -0.2) is 9.18 Å². The fourth-order valence-corrected chi connectivity index (χ4v) is 6.40. The summed E-state index contributed by atoms with van der Waals surface area (Å²) < 4.78 is 31.7. The van der Waals surface area contributed by atoms with E-state index in [1.165, 1.54) is 6.07 Å². The van der Waals surface area contributed by atoms with Crippen LogP contribution in [0, 0.1) is 26.6 Å². The highest BCUT2D eigenvalue weighted by atomic mass is 35.5. The van der Waals surface area contributed by atoms with Crippen molar-refractivity contribution in [3.05, 3.63) is 104 Å². The molecule has 0 aliphatic carbocycles. The van der Waals surface area contributed by atoms with Crippen LogP contribution in [0.15, 0.2) is 48.5 Å². The Hall–Kier alpha value is -4.14. The van der Waals surface area contributed by atoms with Crippen LogP contribution < -0.4 is 4.74 Å². The van der Waals surface area contributed by atoms with E-state index in [9.17, 15) is 9.90 Å². The van der Waals surface area contributed by atoms with Gasteiger partial charge in [0.1, 0.15) is 17.3 Å². The third-order valence-corrected chi connectivity index (χ3v) is 8.86. The van der Waals surface area contributed by atoms with E-state index in [-0.39, 0.29) is 18.8 Å². The molecule has 3 aromatic carbocycles. The van der Waals surface area contributed by atoms with Gasteiger partial charge in [-0.1, -0.05) is 35.9 Å². The Kier molecular flexibility index (Phi) is 7.75. The van der Waals surface area contributed by atoms with Crippen molar-refractivity contribution in [2.45, 2.75) is 53.4 Å². The first-order valence-corrected chi connectivity index (χ1v) is 14.7. The first-order chi connectivity index (χ1) is 20.7. The first kappa shape index (κ1) is 29.0. The third-order valence-electron chi connectivity index (χ3n) is 8.26. The zero-order valence-electron chi connectivity index (χ0n) is 24.6. The Labute approximate surface area is 254 Å². The van der Waals surface area contributed by atoms with E-state index in [1.54, 1.807) is 15.3 Å². The molecule has 0 atom stereocenters. The van der Waals surface area contributed by atoms with Crippen molar-refractivity contribution in [2.24, 2.45) is 7.05 Å². The van der Waals surface area contributed by atoms with Crippen LogP contribution >= 0.6 is 11.6 Å². The number of carboxylic acids is 1. The Balaban J connectivity index is 1.50. The van der Waals surface area contributed by atoms with Crippen molar-refractivity contribution in [3.63, 3.8) is 0 Å². The van der Waals surface area contributed by atoms with Crippen molar-refractivity contribution < 1.29 is 23.8 Å². The largest absolute Gasteiger partial charge is 0.494 e. The van der Waals surface area contributed by atoms with Crippen LogP contribution in [0.2, 0.25) is 5.02 Å². The molecule has 3 heterocycles. The van der Waals surface area contributed by atoms with Crippen molar-refractivity contribution in [2.75, 3.05) is 6.61 Å². The van der Waals surface area contributed by atoms with Crippen molar-refractivity contribution in [1.82, 2.24) is 14.3 Å². The van der Waals surface area contributed by atoms with Crippen LogP contribution in [0.1, 0.15) is 56.1 Å². The molecule has 0 saturated heterocycles. The van der Waals surface area contributed by atoms with E-state index < -0.39 is 11.8 Å². The van der Waals surface area contributed by atoms with Gasteiger partial charge in [0.05, 0.1) is 36.7 Å². The quantitative estimate of drug-likeness (QED) is 0.203. The van der Waals surface area contributed by atoms with Crippen molar-refractivity contribution in [1.29, 1.82) is 0 Å². The van der Waals surface area contributed by atoms with Crippen LogP contribution in [-0.4, -0.2) is 32.0 Å². The molecule has 1 aliphatic rings. The number of aromatic nitrogens is 3. The number of carboxylic acid groups (broad SMARTS) is 1. The summed E-state index contributed by atoms with van der Waals surface area (Å²) in [7, 11) is 1.82. The zero-order valence-corrected chi connectivity index (χ0v) is 25.4. The number of carbonyl (C=O) groups is 1. The maximum atomic E-state index is 16.0. The van der Waals surface area contributed by atoms with Crippen LogP contribution in [0.25, 0.3) is 22.0 Å². The number of hydrogen-bond acceptors (Lipinski definition) is 4. The van der Waals surface area contributed by atoms with Gasteiger partial charge in [-0.3, -0.25) is 4.68 Å². The molecule has 6 rings (SSSR count). The molecule has 0 amide bonds. The fraction of sp³-hybridized carbons (Fsp3) is 0.294. The van der Waals surface area contributed by atoms with Gasteiger partial charge in [-0.2, -0.15) is 5.10 Å². The summed E-state index contributed by atoms with van der Waals surface area (Å²) in [5.41, 5.74) is 7.46. The van der Waals surface area contributed by atoms with Gasteiger partial charge in [0.25, 0.3) is 0 Å². The van der Waals surface area contributed by atoms with E-state index >= 15 is 4.39 Å². The van der Waals surface area contributed by atoms with Crippen molar-refractivity contribution in [3.8, 4) is 16.9 Å². The lowest BCUT2D eigenvalue weighted by Crippen LogP contribution is -2.13. The molecule has 0 fully saturated rings. The van der Waals surface area contributed by atoms with Crippen LogP contribution in [-0.2, 0) is 38.0 Å². The van der Waals surface area contributed by atoms with E-state index in [2.05, 4.69) is 5.10 Å². The SMILES string of the molecule is Cc1cc(OCCCc2c(C(=O)O)n3c4c(c(F)ccc24)-c2c(C)nn(C)c2COCc2ccccc2C3)cc(C)c1Cl. The first-order valence-electron chi connectivity index (χ1n) is 14.3. The van der Waals surface area contributed by atoms with Gasteiger partial charge in [0.15, 0.2) is 0 Å². The van der Waals surface area contributed by atoms with E-state index in [4.69, 9.17) is 21.1 Å². The van der Waals surface area contributed by atoms with Gasteiger partial charge in [0, 0.05) is 35.1 Å².